The fourth-order valence-corrected chi connectivity index (χ4v) is 4.00. The fraction of sp³-hybridized carbons (Fsp3) is 0.500. The second-order valence-electron chi connectivity index (χ2n) is 5.80. The molecule has 1 fully saturated rings. The maximum absolute atomic E-state index is 12.5. The van der Waals surface area contributed by atoms with Crippen molar-refractivity contribution in [2.45, 2.75) is 11.8 Å². The third-order valence-corrected chi connectivity index (χ3v) is 5.43. The van der Waals surface area contributed by atoms with E-state index in [4.69, 9.17) is 14.2 Å². The van der Waals surface area contributed by atoms with Crippen molar-refractivity contribution in [3.63, 3.8) is 0 Å². The van der Waals surface area contributed by atoms with Gasteiger partial charge in [0.05, 0.1) is 28.4 Å². The van der Waals surface area contributed by atoms with Gasteiger partial charge in [0.25, 0.3) is 0 Å². The van der Waals surface area contributed by atoms with E-state index in [2.05, 4.69) is 10.1 Å². The van der Waals surface area contributed by atoms with E-state index in [0.717, 1.165) is 0 Å². The van der Waals surface area contributed by atoms with Crippen molar-refractivity contribution in [3.8, 4) is 17.2 Å². The smallest absolute Gasteiger partial charge is 0.325 e. The van der Waals surface area contributed by atoms with Gasteiger partial charge >= 0.3 is 5.97 Å². The molecule has 1 unspecified atom stereocenters. The SMILES string of the molecule is COC(=O)CNC(=O)CN1C(=O)CCSC1c1cc(OC)c(OC)cc1OC. The van der Waals surface area contributed by atoms with Gasteiger partial charge in [-0.05, 0) is 6.07 Å². The number of ether oxygens (including phenoxy) is 4. The van der Waals surface area contributed by atoms with Crippen LogP contribution in [0.5, 0.6) is 17.2 Å². The zero-order valence-corrected chi connectivity index (χ0v) is 17.1. The molecule has 28 heavy (non-hydrogen) atoms. The van der Waals surface area contributed by atoms with Gasteiger partial charge in [-0.25, -0.2) is 0 Å². The number of carbonyl (C=O) groups excluding carboxylic acids is 3. The summed E-state index contributed by atoms with van der Waals surface area (Å²) in [6.07, 6.45) is 0.320. The second-order valence-corrected chi connectivity index (χ2v) is 6.98. The molecular formula is C18H24N2O7S. The molecule has 154 valence electrons. The van der Waals surface area contributed by atoms with Crippen molar-refractivity contribution in [2.24, 2.45) is 0 Å². The summed E-state index contributed by atoms with van der Waals surface area (Å²) in [5, 5.41) is 2.01. The van der Waals surface area contributed by atoms with Gasteiger partial charge in [0.1, 0.15) is 24.2 Å². The maximum Gasteiger partial charge on any atom is 0.325 e. The van der Waals surface area contributed by atoms with Gasteiger partial charge in [0.15, 0.2) is 11.5 Å². The number of carbonyl (C=O) groups is 3. The van der Waals surface area contributed by atoms with Gasteiger partial charge < -0.3 is 29.2 Å². The van der Waals surface area contributed by atoms with E-state index in [0.29, 0.717) is 35.0 Å². The number of benzene rings is 1. The Kier molecular flexibility index (Phi) is 7.80. The summed E-state index contributed by atoms with van der Waals surface area (Å²) in [6, 6.07) is 3.43. The molecule has 0 aliphatic carbocycles. The standard InChI is InChI=1S/C18H24N2O7S/c1-24-12-8-14(26-3)13(25-2)7-11(12)18-20(16(22)5-6-28-18)10-15(21)19-9-17(23)27-4/h7-8,18H,5-6,9-10H2,1-4H3,(H,19,21). The average molecular weight is 412 g/mol. The Labute approximate surface area is 167 Å². The first-order valence-corrected chi connectivity index (χ1v) is 9.54. The summed E-state index contributed by atoms with van der Waals surface area (Å²) < 4.78 is 20.6. The van der Waals surface area contributed by atoms with Gasteiger partial charge in [-0.1, -0.05) is 0 Å². The first kappa shape index (κ1) is 21.7. The van der Waals surface area contributed by atoms with Crippen LogP contribution < -0.4 is 19.5 Å². The molecule has 10 heteroatoms. The Bertz CT molecular complexity index is 741. The monoisotopic (exact) mass is 412 g/mol. The normalized spacial score (nSPS) is 16.4. The topological polar surface area (TPSA) is 103 Å². The summed E-state index contributed by atoms with van der Waals surface area (Å²) in [5.41, 5.74) is 0.693. The van der Waals surface area contributed by atoms with E-state index in [-0.39, 0.29) is 19.0 Å². The van der Waals surface area contributed by atoms with Crippen LogP contribution in [0, 0.1) is 0 Å². The molecule has 0 bridgehead atoms. The number of hydrogen-bond donors (Lipinski definition) is 1. The number of methoxy groups -OCH3 is 4. The Balaban J connectivity index is 2.29. The van der Waals surface area contributed by atoms with E-state index in [1.165, 1.54) is 45.1 Å². The molecule has 0 radical (unpaired) electrons. The quantitative estimate of drug-likeness (QED) is 0.630. The summed E-state index contributed by atoms with van der Waals surface area (Å²) in [4.78, 5) is 37.4. The van der Waals surface area contributed by atoms with Crippen LogP contribution in [-0.4, -0.2) is 70.0 Å². The van der Waals surface area contributed by atoms with Crippen LogP contribution in [0.3, 0.4) is 0 Å². The summed E-state index contributed by atoms with van der Waals surface area (Å²) in [7, 11) is 5.80. The number of rotatable bonds is 8. The molecule has 2 rings (SSSR count). The minimum Gasteiger partial charge on any atom is -0.496 e. The third-order valence-electron chi connectivity index (χ3n) is 4.17. The molecule has 1 atom stereocenters. The van der Waals surface area contributed by atoms with Crippen molar-refractivity contribution >= 4 is 29.5 Å². The van der Waals surface area contributed by atoms with E-state index >= 15 is 0 Å². The first-order chi connectivity index (χ1) is 13.4. The van der Waals surface area contributed by atoms with E-state index in [1.807, 2.05) is 0 Å². The lowest BCUT2D eigenvalue weighted by atomic mass is 10.1. The first-order valence-electron chi connectivity index (χ1n) is 8.49. The molecule has 1 N–H and O–H groups in total. The predicted octanol–water partition coefficient (Wildman–Crippen LogP) is 0.966. The number of hydrogen-bond acceptors (Lipinski definition) is 8. The Morgan fingerprint density at radius 1 is 1.11 bits per heavy atom. The zero-order chi connectivity index (χ0) is 20.7. The summed E-state index contributed by atoms with van der Waals surface area (Å²) in [6.45, 7) is -0.445. The molecule has 0 aromatic heterocycles. The van der Waals surface area contributed by atoms with Crippen molar-refractivity contribution in [3.05, 3.63) is 17.7 Å². The molecule has 1 aliphatic rings. The van der Waals surface area contributed by atoms with E-state index in [1.54, 1.807) is 12.1 Å². The highest BCUT2D eigenvalue weighted by Gasteiger charge is 2.34. The maximum atomic E-state index is 12.5. The van der Waals surface area contributed by atoms with Crippen molar-refractivity contribution in [1.82, 2.24) is 10.2 Å². The van der Waals surface area contributed by atoms with Gasteiger partial charge in [-0.3, -0.25) is 14.4 Å². The minimum absolute atomic E-state index is 0.159. The van der Waals surface area contributed by atoms with Crippen LogP contribution in [-0.2, 0) is 19.1 Å². The van der Waals surface area contributed by atoms with E-state index < -0.39 is 17.3 Å². The van der Waals surface area contributed by atoms with Crippen LogP contribution >= 0.6 is 11.8 Å². The van der Waals surface area contributed by atoms with Crippen LogP contribution in [0.4, 0.5) is 0 Å². The largest absolute Gasteiger partial charge is 0.496 e. The van der Waals surface area contributed by atoms with Crippen molar-refractivity contribution in [1.29, 1.82) is 0 Å². The van der Waals surface area contributed by atoms with E-state index in [9.17, 15) is 14.4 Å². The molecule has 2 amide bonds. The lowest BCUT2D eigenvalue weighted by Gasteiger charge is -2.35. The van der Waals surface area contributed by atoms with Crippen LogP contribution in [0.15, 0.2) is 12.1 Å². The summed E-state index contributed by atoms with van der Waals surface area (Å²) in [5.74, 6) is 0.945. The molecule has 1 aromatic rings. The molecule has 1 saturated heterocycles. The Morgan fingerprint density at radius 3 is 2.36 bits per heavy atom. The average Bonchev–Trinajstić information content (AvgIpc) is 2.72. The molecule has 0 spiro atoms. The number of thioether (sulfide) groups is 1. The van der Waals surface area contributed by atoms with Crippen molar-refractivity contribution in [2.75, 3.05) is 47.3 Å². The summed E-state index contributed by atoms with van der Waals surface area (Å²) >= 11 is 1.52. The highest BCUT2D eigenvalue weighted by molar-refractivity contribution is 7.99. The molecule has 1 heterocycles. The van der Waals surface area contributed by atoms with Gasteiger partial charge in [-0.15, -0.1) is 11.8 Å². The Hall–Kier alpha value is -2.62. The van der Waals surface area contributed by atoms with Crippen LogP contribution in [0.1, 0.15) is 17.4 Å². The predicted molar refractivity (Wildman–Crippen MR) is 103 cm³/mol. The third kappa shape index (κ3) is 5.00. The molecule has 9 nitrogen and oxygen atoms in total. The highest BCUT2D eigenvalue weighted by Crippen LogP contribution is 2.45. The van der Waals surface area contributed by atoms with Gasteiger partial charge in [0.2, 0.25) is 11.8 Å². The number of nitrogens with one attached hydrogen (secondary N) is 1. The zero-order valence-electron chi connectivity index (χ0n) is 16.3. The van der Waals surface area contributed by atoms with Crippen LogP contribution in [0.2, 0.25) is 0 Å². The molecule has 1 aromatic carbocycles. The number of amides is 2. The van der Waals surface area contributed by atoms with Crippen LogP contribution in [0.25, 0.3) is 0 Å². The van der Waals surface area contributed by atoms with Gasteiger partial charge in [-0.2, -0.15) is 0 Å². The molecular weight excluding hydrogens is 388 g/mol. The number of esters is 1. The fourth-order valence-electron chi connectivity index (χ4n) is 2.75. The minimum atomic E-state index is -0.564. The number of nitrogens with zero attached hydrogens (tertiary/aromatic N) is 1. The van der Waals surface area contributed by atoms with Crippen molar-refractivity contribution < 1.29 is 33.3 Å². The Morgan fingerprint density at radius 2 is 1.75 bits per heavy atom. The highest BCUT2D eigenvalue weighted by atomic mass is 32.2. The lowest BCUT2D eigenvalue weighted by Crippen LogP contribution is -2.45. The second kappa shape index (κ2) is 10.1. The van der Waals surface area contributed by atoms with Gasteiger partial charge in [0, 0.05) is 23.8 Å². The molecule has 1 aliphatic heterocycles. The lowest BCUT2D eigenvalue weighted by molar-refractivity contribution is -0.141. The molecule has 0 saturated carbocycles.